The van der Waals surface area contributed by atoms with Gasteiger partial charge in [-0.25, -0.2) is 4.79 Å². The molecule has 0 spiro atoms. The van der Waals surface area contributed by atoms with Gasteiger partial charge < -0.3 is 14.8 Å². The number of nitrogens with zero attached hydrogens (tertiary/aromatic N) is 2. The molecule has 0 saturated heterocycles. The molecule has 1 saturated carbocycles. The van der Waals surface area contributed by atoms with E-state index in [2.05, 4.69) is 15.5 Å². The van der Waals surface area contributed by atoms with Gasteiger partial charge in [0.1, 0.15) is 5.82 Å². The molecule has 1 aliphatic rings. The first-order valence-corrected chi connectivity index (χ1v) is 7.98. The molecule has 0 radical (unpaired) electrons. The summed E-state index contributed by atoms with van der Waals surface area (Å²) >= 11 is 0. The van der Waals surface area contributed by atoms with Gasteiger partial charge in [0.25, 0.3) is 0 Å². The number of hydrogen-bond donors (Lipinski definition) is 1. The van der Waals surface area contributed by atoms with Gasteiger partial charge in [-0.1, -0.05) is 12.8 Å². The van der Waals surface area contributed by atoms with Crippen LogP contribution in [0.1, 0.15) is 43.1 Å². The molecule has 1 heterocycles. The van der Waals surface area contributed by atoms with Crippen LogP contribution in [0.4, 0.5) is 5.82 Å². The fourth-order valence-corrected chi connectivity index (χ4v) is 2.89. The van der Waals surface area contributed by atoms with Gasteiger partial charge in [-0.05, 0) is 37.8 Å². The number of carbonyl (C=O) groups is 2. The SMILES string of the molecule is CCOC(=O)c1ccc(NCC2CCCCC2C(=O)OC)nn1. The fourth-order valence-electron chi connectivity index (χ4n) is 2.89. The Labute approximate surface area is 135 Å². The third-order valence-electron chi connectivity index (χ3n) is 4.11. The molecular weight excluding hydrogens is 298 g/mol. The quantitative estimate of drug-likeness (QED) is 0.802. The fraction of sp³-hybridized carbons (Fsp3) is 0.625. The molecule has 2 atom stereocenters. The molecule has 126 valence electrons. The van der Waals surface area contributed by atoms with E-state index in [4.69, 9.17) is 9.47 Å². The molecule has 1 aliphatic carbocycles. The number of rotatable bonds is 6. The van der Waals surface area contributed by atoms with E-state index < -0.39 is 5.97 Å². The summed E-state index contributed by atoms with van der Waals surface area (Å²) in [6.07, 6.45) is 4.03. The zero-order chi connectivity index (χ0) is 16.7. The van der Waals surface area contributed by atoms with Crippen molar-refractivity contribution in [3.05, 3.63) is 17.8 Å². The van der Waals surface area contributed by atoms with Gasteiger partial charge in [-0.15, -0.1) is 10.2 Å². The Morgan fingerprint density at radius 2 is 2.04 bits per heavy atom. The first-order chi connectivity index (χ1) is 11.2. The van der Waals surface area contributed by atoms with Gasteiger partial charge in [-0.2, -0.15) is 0 Å². The number of nitrogens with one attached hydrogen (secondary N) is 1. The van der Waals surface area contributed by atoms with Crippen LogP contribution >= 0.6 is 0 Å². The predicted octanol–water partition coefficient (Wildman–Crippen LogP) is 2.04. The Hall–Kier alpha value is -2.18. The van der Waals surface area contributed by atoms with E-state index in [1.54, 1.807) is 19.1 Å². The van der Waals surface area contributed by atoms with E-state index >= 15 is 0 Å². The van der Waals surface area contributed by atoms with E-state index in [1.165, 1.54) is 7.11 Å². The lowest BCUT2D eigenvalue weighted by atomic mass is 9.79. The predicted molar refractivity (Wildman–Crippen MR) is 83.9 cm³/mol. The summed E-state index contributed by atoms with van der Waals surface area (Å²) < 4.78 is 9.75. The second-order valence-corrected chi connectivity index (χ2v) is 5.58. The van der Waals surface area contributed by atoms with Crippen molar-refractivity contribution in [1.82, 2.24) is 10.2 Å². The van der Waals surface area contributed by atoms with Crippen molar-refractivity contribution < 1.29 is 19.1 Å². The molecule has 7 nitrogen and oxygen atoms in total. The van der Waals surface area contributed by atoms with Gasteiger partial charge in [0.05, 0.1) is 19.6 Å². The molecule has 2 unspecified atom stereocenters. The Morgan fingerprint density at radius 1 is 1.26 bits per heavy atom. The lowest BCUT2D eigenvalue weighted by molar-refractivity contribution is -0.148. The zero-order valence-electron chi connectivity index (χ0n) is 13.6. The summed E-state index contributed by atoms with van der Waals surface area (Å²) in [5.74, 6) is 0.118. The van der Waals surface area contributed by atoms with Crippen molar-refractivity contribution in [2.24, 2.45) is 11.8 Å². The standard InChI is InChI=1S/C16H23N3O4/c1-3-23-16(21)13-8-9-14(19-18-13)17-10-11-6-4-5-7-12(11)15(20)22-2/h8-9,11-12H,3-7,10H2,1-2H3,(H,17,19). The molecule has 23 heavy (non-hydrogen) atoms. The van der Waals surface area contributed by atoms with Crippen LogP contribution in [-0.2, 0) is 14.3 Å². The maximum Gasteiger partial charge on any atom is 0.358 e. The smallest absolute Gasteiger partial charge is 0.358 e. The Morgan fingerprint density at radius 3 is 2.70 bits per heavy atom. The minimum absolute atomic E-state index is 0.0620. The lowest BCUT2D eigenvalue weighted by Gasteiger charge is -2.29. The Balaban J connectivity index is 1.91. The van der Waals surface area contributed by atoms with Crippen molar-refractivity contribution in [3.63, 3.8) is 0 Å². The molecule has 7 heteroatoms. The normalized spacial score (nSPS) is 20.6. The van der Waals surface area contributed by atoms with Gasteiger partial charge in [0.15, 0.2) is 5.69 Å². The van der Waals surface area contributed by atoms with E-state index in [1.807, 2.05) is 0 Å². The van der Waals surface area contributed by atoms with Crippen LogP contribution in [0.5, 0.6) is 0 Å². The number of esters is 2. The number of carbonyl (C=O) groups excluding carboxylic acids is 2. The number of ether oxygens (including phenoxy) is 2. The van der Waals surface area contributed by atoms with Gasteiger partial charge in [0.2, 0.25) is 0 Å². The van der Waals surface area contributed by atoms with Crippen LogP contribution in [0.2, 0.25) is 0 Å². The van der Waals surface area contributed by atoms with E-state index in [0.717, 1.165) is 25.7 Å². The van der Waals surface area contributed by atoms with Crippen molar-refractivity contribution >= 4 is 17.8 Å². The first kappa shape index (κ1) is 17.2. The van der Waals surface area contributed by atoms with E-state index in [-0.39, 0.29) is 23.5 Å². The van der Waals surface area contributed by atoms with Gasteiger partial charge in [-0.3, -0.25) is 4.79 Å². The van der Waals surface area contributed by atoms with E-state index in [9.17, 15) is 9.59 Å². The summed E-state index contributed by atoms with van der Waals surface area (Å²) in [6.45, 7) is 2.67. The molecule has 1 N–H and O–H groups in total. The highest BCUT2D eigenvalue weighted by Crippen LogP contribution is 2.31. The summed E-state index contributed by atoms with van der Waals surface area (Å²) in [6, 6.07) is 3.27. The van der Waals surface area contributed by atoms with Crippen LogP contribution in [0.25, 0.3) is 0 Å². The van der Waals surface area contributed by atoms with Gasteiger partial charge >= 0.3 is 11.9 Å². The first-order valence-electron chi connectivity index (χ1n) is 7.98. The van der Waals surface area contributed by atoms with Crippen molar-refractivity contribution in [2.45, 2.75) is 32.6 Å². The topological polar surface area (TPSA) is 90.4 Å². The minimum atomic E-state index is -0.482. The highest BCUT2D eigenvalue weighted by atomic mass is 16.5. The number of anilines is 1. The third kappa shape index (κ3) is 4.64. The Bertz CT molecular complexity index is 533. The number of hydrogen-bond acceptors (Lipinski definition) is 7. The zero-order valence-corrected chi connectivity index (χ0v) is 13.6. The molecule has 1 aromatic rings. The monoisotopic (exact) mass is 321 g/mol. The lowest BCUT2D eigenvalue weighted by Crippen LogP contribution is -2.32. The van der Waals surface area contributed by atoms with E-state index in [0.29, 0.717) is 19.0 Å². The molecule has 1 aromatic heterocycles. The number of methoxy groups -OCH3 is 1. The molecular formula is C16H23N3O4. The van der Waals surface area contributed by atoms with Gasteiger partial charge in [0, 0.05) is 6.54 Å². The molecule has 0 bridgehead atoms. The summed E-state index contributed by atoms with van der Waals surface area (Å²) in [4.78, 5) is 23.4. The van der Waals surface area contributed by atoms with Crippen LogP contribution in [-0.4, -0.2) is 42.4 Å². The highest BCUT2D eigenvalue weighted by molar-refractivity contribution is 5.87. The number of aromatic nitrogens is 2. The average Bonchev–Trinajstić information content (AvgIpc) is 2.60. The largest absolute Gasteiger partial charge is 0.469 e. The molecule has 0 amide bonds. The average molecular weight is 321 g/mol. The second kappa shape index (κ2) is 8.45. The minimum Gasteiger partial charge on any atom is -0.469 e. The maximum absolute atomic E-state index is 11.8. The summed E-state index contributed by atoms with van der Waals surface area (Å²) in [7, 11) is 1.43. The van der Waals surface area contributed by atoms with Crippen molar-refractivity contribution in [3.8, 4) is 0 Å². The van der Waals surface area contributed by atoms with Crippen molar-refractivity contribution in [1.29, 1.82) is 0 Å². The molecule has 0 aromatic carbocycles. The van der Waals surface area contributed by atoms with Crippen molar-refractivity contribution in [2.75, 3.05) is 25.6 Å². The molecule has 0 aliphatic heterocycles. The van der Waals surface area contributed by atoms with Crippen LogP contribution in [0.3, 0.4) is 0 Å². The third-order valence-corrected chi connectivity index (χ3v) is 4.11. The summed E-state index contributed by atoms with van der Waals surface area (Å²) in [5.41, 5.74) is 0.183. The van der Waals surface area contributed by atoms with Crippen LogP contribution in [0, 0.1) is 11.8 Å². The van der Waals surface area contributed by atoms with Crippen LogP contribution in [0.15, 0.2) is 12.1 Å². The maximum atomic E-state index is 11.8. The highest BCUT2D eigenvalue weighted by Gasteiger charge is 2.31. The summed E-state index contributed by atoms with van der Waals surface area (Å²) in [5, 5.41) is 11.0. The molecule has 2 rings (SSSR count). The second-order valence-electron chi connectivity index (χ2n) is 5.58. The molecule has 1 fully saturated rings. The Kier molecular flexibility index (Phi) is 6.31. The van der Waals surface area contributed by atoms with Crippen LogP contribution < -0.4 is 5.32 Å².